The number of halogens is 2. The van der Waals surface area contributed by atoms with Crippen molar-refractivity contribution in [2.75, 3.05) is 18.2 Å². The highest BCUT2D eigenvalue weighted by atomic mass is 19.1. The lowest BCUT2D eigenvalue weighted by atomic mass is 10.1. The van der Waals surface area contributed by atoms with E-state index in [1.165, 1.54) is 30.0 Å². The molecule has 0 saturated heterocycles. The Bertz CT molecular complexity index is 967. The van der Waals surface area contributed by atoms with Gasteiger partial charge in [-0.1, -0.05) is 0 Å². The minimum Gasteiger partial charge on any atom is -0.467 e. The number of carbonyl (C=O) groups excluding carboxylic acids is 2. The van der Waals surface area contributed by atoms with Crippen LogP contribution < -0.4 is 16.6 Å². The van der Waals surface area contributed by atoms with E-state index in [9.17, 15) is 23.2 Å². The van der Waals surface area contributed by atoms with Crippen molar-refractivity contribution >= 4 is 23.3 Å². The van der Waals surface area contributed by atoms with Crippen molar-refractivity contribution in [1.29, 1.82) is 0 Å². The lowest BCUT2D eigenvalue weighted by Crippen LogP contribution is -2.38. The standard InChI is InChI=1S/C17H15F2N3O4/c1-26-16(25)17(4-5-17)22-6-2-3-13(15(22)24)21-14(23)9-7-11(19)12(20)8-10(9)18/h2-3,6-8H,4-5,20H2,1H3,(H,21,23). The fourth-order valence-electron chi connectivity index (χ4n) is 2.70. The molecule has 3 N–H and O–H groups in total. The molecule has 1 saturated carbocycles. The Morgan fingerprint density at radius 1 is 1.27 bits per heavy atom. The Balaban J connectivity index is 1.94. The number of methoxy groups -OCH3 is 1. The molecular weight excluding hydrogens is 348 g/mol. The topological polar surface area (TPSA) is 103 Å². The molecule has 136 valence electrons. The molecule has 1 aromatic carbocycles. The zero-order chi connectivity index (χ0) is 19.1. The van der Waals surface area contributed by atoms with Gasteiger partial charge in [-0.25, -0.2) is 13.6 Å². The van der Waals surface area contributed by atoms with Crippen LogP contribution >= 0.6 is 0 Å². The van der Waals surface area contributed by atoms with Crippen LogP contribution in [0.2, 0.25) is 0 Å². The number of nitrogens with one attached hydrogen (secondary N) is 1. The van der Waals surface area contributed by atoms with Crippen LogP contribution in [0.5, 0.6) is 0 Å². The third-order valence-electron chi connectivity index (χ3n) is 4.28. The zero-order valence-electron chi connectivity index (χ0n) is 13.7. The molecule has 0 spiro atoms. The van der Waals surface area contributed by atoms with E-state index in [2.05, 4.69) is 5.32 Å². The Labute approximate surface area is 146 Å². The largest absolute Gasteiger partial charge is 0.467 e. The van der Waals surface area contributed by atoms with Crippen LogP contribution in [0.1, 0.15) is 23.2 Å². The molecule has 0 radical (unpaired) electrons. The number of benzene rings is 1. The summed E-state index contributed by atoms with van der Waals surface area (Å²) in [6, 6.07) is 4.10. The molecule has 2 aromatic rings. The number of pyridine rings is 1. The van der Waals surface area contributed by atoms with Gasteiger partial charge in [0.05, 0.1) is 18.4 Å². The molecule has 7 nitrogen and oxygen atoms in total. The highest BCUT2D eigenvalue weighted by Crippen LogP contribution is 2.43. The van der Waals surface area contributed by atoms with E-state index in [4.69, 9.17) is 10.5 Å². The fourth-order valence-corrected chi connectivity index (χ4v) is 2.70. The molecule has 0 aliphatic heterocycles. The molecule has 1 aliphatic carbocycles. The van der Waals surface area contributed by atoms with Gasteiger partial charge in [0.1, 0.15) is 22.9 Å². The minimum absolute atomic E-state index is 0.177. The molecule has 1 aliphatic rings. The van der Waals surface area contributed by atoms with E-state index in [0.29, 0.717) is 25.0 Å². The average Bonchev–Trinajstić information content (AvgIpc) is 3.40. The van der Waals surface area contributed by atoms with E-state index < -0.39 is 45.9 Å². The van der Waals surface area contributed by atoms with Gasteiger partial charge in [0.15, 0.2) is 0 Å². The second-order valence-corrected chi connectivity index (χ2v) is 5.93. The number of nitrogen functional groups attached to an aromatic ring is 1. The van der Waals surface area contributed by atoms with Gasteiger partial charge >= 0.3 is 5.97 Å². The fraction of sp³-hybridized carbons (Fsp3) is 0.235. The molecule has 26 heavy (non-hydrogen) atoms. The van der Waals surface area contributed by atoms with Crippen LogP contribution in [0, 0.1) is 11.6 Å². The Morgan fingerprint density at radius 3 is 2.58 bits per heavy atom. The summed E-state index contributed by atoms with van der Waals surface area (Å²) in [5, 5.41) is 2.24. The molecule has 9 heteroatoms. The number of hydrogen-bond donors (Lipinski definition) is 2. The lowest BCUT2D eigenvalue weighted by Gasteiger charge is -2.17. The van der Waals surface area contributed by atoms with E-state index in [1.807, 2.05) is 0 Å². The number of nitrogens with two attached hydrogens (primary N) is 1. The van der Waals surface area contributed by atoms with Crippen LogP contribution in [-0.2, 0) is 15.1 Å². The minimum atomic E-state index is -1.09. The summed E-state index contributed by atoms with van der Waals surface area (Å²) in [6.07, 6.45) is 2.26. The summed E-state index contributed by atoms with van der Waals surface area (Å²) in [5.41, 5.74) is 2.29. The van der Waals surface area contributed by atoms with Crippen molar-refractivity contribution in [3.63, 3.8) is 0 Å². The first-order valence-electron chi connectivity index (χ1n) is 7.66. The van der Waals surface area contributed by atoms with Crippen molar-refractivity contribution in [2.24, 2.45) is 0 Å². The summed E-state index contributed by atoms with van der Waals surface area (Å²) in [4.78, 5) is 36.8. The number of aromatic nitrogens is 1. The first kappa shape index (κ1) is 17.6. The van der Waals surface area contributed by atoms with Crippen molar-refractivity contribution in [3.05, 3.63) is 58.0 Å². The Kier molecular flexibility index (Phi) is 4.23. The Morgan fingerprint density at radius 2 is 1.96 bits per heavy atom. The third-order valence-corrected chi connectivity index (χ3v) is 4.28. The number of carbonyl (C=O) groups is 2. The number of hydrogen-bond acceptors (Lipinski definition) is 5. The normalized spacial score (nSPS) is 14.6. The quantitative estimate of drug-likeness (QED) is 0.635. The maximum absolute atomic E-state index is 13.9. The average molecular weight is 363 g/mol. The smallest absolute Gasteiger partial charge is 0.332 e. The van der Waals surface area contributed by atoms with Crippen LogP contribution in [0.3, 0.4) is 0 Å². The molecule has 1 fully saturated rings. The predicted molar refractivity (Wildman–Crippen MR) is 88.6 cm³/mol. The summed E-state index contributed by atoms with van der Waals surface area (Å²) in [6.45, 7) is 0. The molecule has 0 bridgehead atoms. The van der Waals surface area contributed by atoms with Gasteiger partial charge in [0, 0.05) is 12.3 Å². The van der Waals surface area contributed by atoms with Gasteiger partial charge < -0.3 is 15.8 Å². The van der Waals surface area contributed by atoms with E-state index in [0.717, 1.165) is 0 Å². The molecular formula is C17H15F2N3O4. The van der Waals surface area contributed by atoms with Crippen molar-refractivity contribution < 1.29 is 23.1 Å². The molecule has 0 atom stereocenters. The molecule has 1 heterocycles. The van der Waals surface area contributed by atoms with Crippen molar-refractivity contribution in [2.45, 2.75) is 18.4 Å². The summed E-state index contributed by atoms with van der Waals surface area (Å²) in [7, 11) is 1.22. The van der Waals surface area contributed by atoms with Crippen LogP contribution in [-0.4, -0.2) is 23.6 Å². The van der Waals surface area contributed by atoms with Crippen LogP contribution in [0.25, 0.3) is 0 Å². The van der Waals surface area contributed by atoms with Gasteiger partial charge in [0.2, 0.25) is 0 Å². The SMILES string of the molecule is COC(=O)C1(n2cccc(NC(=O)c3cc(F)c(N)cc3F)c2=O)CC1. The molecule has 3 rings (SSSR count). The van der Waals surface area contributed by atoms with Crippen LogP contribution in [0.4, 0.5) is 20.2 Å². The first-order chi connectivity index (χ1) is 12.3. The van der Waals surface area contributed by atoms with Crippen LogP contribution in [0.15, 0.2) is 35.3 Å². The summed E-state index contributed by atoms with van der Waals surface area (Å²) < 4.78 is 33.3. The summed E-state index contributed by atoms with van der Waals surface area (Å²) >= 11 is 0. The molecule has 1 amide bonds. The highest BCUT2D eigenvalue weighted by molar-refractivity contribution is 6.04. The van der Waals surface area contributed by atoms with Gasteiger partial charge in [-0.05, 0) is 31.0 Å². The van der Waals surface area contributed by atoms with Gasteiger partial charge in [-0.2, -0.15) is 0 Å². The number of anilines is 2. The van der Waals surface area contributed by atoms with Gasteiger partial charge in [-0.15, -0.1) is 0 Å². The van der Waals surface area contributed by atoms with E-state index in [-0.39, 0.29) is 5.69 Å². The van der Waals surface area contributed by atoms with Crippen molar-refractivity contribution in [1.82, 2.24) is 4.57 Å². The van der Waals surface area contributed by atoms with Gasteiger partial charge in [-0.3, -0.25) is 14.2 Å². The van der Waals surface area contributed by atoms with E-state index in [1.54, 1.807) is 0 Å². The van der Waals surface area contributed by atoms with Crippen molar-refractivity contribution in [3.8, 4) is 0 Å². The Hall–Kier alpha value is -3.23. The molecule has 1 aromatic heterocycles. The highest BCUT2D eigenvalue weighted by Gasteiger charge is 2.53. The lowest BCUT2D eigenvalue weighted by molar-refractivity contribution is -0.146. The monoisotopic (exact) mass is 363 g/mol. The predicted octanol–water partition coefficient (Wildman–Crippen LogP) is 1.62. The maximum Gasteiger partial charge on any atom is 0.332 e. The first-order valence-corrected chi connectivity index (χ1v) is 7.66. The third kappa shape index (κ3) is 2.81. The maximum atomic E-state index is 13.9. The van der Waals surface area contributed by atoms with E-state index >= 15 is 0 Å². The number of rotatable bonds is 4. The number of nitrogens with zero attached hydrogens (tertiary/aromatic N) is 1. The number of esters is 1. The zero-order valence-corrected chi connectivity index (χ0v) is 13.7. The van der Waals surface area contributed by atoms with Gasteiger partial charge in [0.25, 0.3) is 11.5 Å². The number of ether oxygens (including phenoxy) is 1. The second kappa shape index (κ2) is 6.25. The summed E-state index contributed by atoms with van der Waals surface area (Å²) in [5.74, 6) is -3.55. The molecule has 0 unspecified atom stereocenters. The number of amides is 1. The second-order valence-electron chi connectivity index (χ2n) is 5.93.